The Balaban J connectivity index is 1.65. The van der Waals surface area contributed by atoms with Crippen molar-refractivity contribution in [1.82, 2.24) is 15.4 Å². The quantitative estimate of drug-likeness (QED) is 0.307. The van der Waals surface area contributed by atoms with Gasteiger partial charge in [0, 0.05) is 27.9 Å². The molecule has 0 saturated heterocycles. The number of nitrogens with zero attached hydrogens (tertiary/aromatic N) is 1. The molecule has 7 heteroatoms. The highest BCUT2D eigenvalue weighted by atomic mass is 19.1. The summed E-state index contributed by atoms with van der Waals surface area (Å²) in [6.45, 7) is 5.68. The Morgan fingerprint density at radius 2 is 1.85 bits per heavy atom. The fourth-order valence-corrected chi connectivity index (χ4v) is 4.16. The summed E-state index contributed by atoms with van der Waals surface area (Å²) in [5.74, 6) is 0.742. The standard InChI is InChI=1S/C26H23FN4O2/c1-14-11-20(16(3)28-22-10-5-4-9-19(22)26-29-31-30-26)25-21(12-14)23(32)15(2)24(33-25)17-7-6-8-18(27)13-17/h4-13,16,28,31H,1-3H3,(H,29,30)/t16-/m1/s1. The van der Waals surface area contributed by atoms with Gasteiger partial charge in [0.05, 0.1) is 11.4 Å². The molecule has 5 rings (SSSR count). The van der Waals surface area contributed by atoms with Crippen molar-refractivity contribution < 1.29 is 8.81 Å². The van der Waals surface area contributed by atoms with E-state index in [9.17, 15) is 9.18 Å². The van der Waals surface area contributed by atoms with Crippen molar-refractivity contribution in [2.45, 2.75) is 26.8 Å². The van der Waals surface area contributed by atoms with Crippen LogP contribution in [0.3, 0.4) is 0 Å². The maximum Gasteiger partial charge on any atom is 0.196 e. The number of H-pyrrole nitrogens is 2. The number of aromatic amines is 2. The molecule has 5 aromatic rings. The average molecular weight is 442 g/mol. The van der Waals surface area contributed by atoms with Gasteiger partial charge >= 0.3 is 0 Å². The molecule has 3 N–H and O–H groups in total. The fourth-order valence-electron chi connectivity index (χ4n) is 4.16. The lowest BCUT2D eigenvalue weighted by Gasteiger charge is -2.20. The van der Waals surface area contributed by atoms with Crippen molar-refractivity contribution in [2.24, 2.45) is 0 Å². The van der Waals surface area contributed by atoms with Gasteiger partial charge < -0.3 is 9.73 Å². The Labute approximate surface area is 189 Å². The Morgan fingerprint density at radius 1 is 1.06 bits per heavy atom. The van der Waals surface area contributed by atoms with Crippen LogP contribution in [0.15, 0.2) is 69.9 Å². The van der Waals surface area contributed by atoms with Gasteiger partial charge in [0.2, 0.25) is 0 Å². The lowest BCUT2D eigenvalue weighted by Crippen LogP contribution is -2.13. The highest BCUT2D eigenvalue weighted by molar-refractivity contribution is 5.85. The van der Waals surface area contributed by atoms with Gasteiger partial charge in [-0.25, -0.2) is 9.60 Å². The number of hydrogen-bond donors (Lipinski definition) is 3. The third kappa shape index (κ3) is 3.71. The molecule has 0 bridgehead atoms. The van der Waals surface area contributed by atoms with E-state index in [1.54, 1.807) is 19.1 Å². The number of para-hydroxylation sites is 1. The number of rotatable bonds is 5. The highest BCUT2D eigenvalue weighted by Gasteiger charge is 2.20. The van der Waals surface area contributed by atoms with Crippen molar-refractivity contribution in [1.29, 1.82) is 0 Å². The number of fused-ring (bicyclic) bond motifs is 1. The zero-order chi connectivity index (χ0) is 23.1. The average Bonchev–Trinajstić information content (AvgIpc) is 2.76. The van der Waals surface area contributed by atoms with Crippen LogP contribution >= 0.6 is 0 Å². The second-order valence-electron chi connectivity index (χ2n) is 8.24. The Morgan fingerprint density at radius 3 is 2.58 bits per heavy atom. The van der Waals surface area contributed by atoms with E-state index in [1.807, 2.05) is 50.2 Å². The summed E-state index contributed by atoms with van der Waals surface area (Å²) < 4.78 is 20.2. The van der Waals surface area contributed by atoms with E-state index in [0.29, 0.717) is 27.9 Å². The van der Waals surface area contributed by atoms with E-state index in [-0.39, 0.29) is 17.3 Å². The van der Waals surface area contributed by atoms with Crippen molar-refractivity contribution in [3.05, 3.63) is 93.4 Å². The molecule has 0 amide bonds. The molecule has 1 atom stereocenters. The van der Waals surface area contributed by atoms with Gasteiger partial charge in [-0.2, -0.15) is 0 Å². The number of hydrogen-bond acceptors (Lipinski definition) is 4. The number of aromatic nitrogens is 3. The first-order valence-corrected chi connectivity index (χ1v) is 10.7. The molecule has 3 aromatic carbocycles. The SMILES string of the molecule is Cc1cc([C@@H](C)Nc2ccccc2-c2n[nH][nH]2)c2oc(-c3cccc(F)c3)c(C)c(=O)c2c1. The Bertz CT molecular complexity index is 1520. The van der Waals surface area contributed by atoms with Crippen molar-refractivity contribution in [3.63, 3.8) is 0 Å². The largest absolute Gasteiger partial charge is 0.455 e. The first-order chi connectivity index (χ1) is 15.9. The van der Waals surface area contributed by atoms with Crippen LogP contribution in [0.5, 0.6) is 0 Å². The summed E-state index contributed by atoms with van der Waals surface area (Å²) in [5, 5.41) is 13.8. The monoisotopic (exact) mass is 442 g/mol. The van der Waals surface area contributed by atoms with Crippen molar-refractivity contribution in [2.75, 3.05) is 5.32 Å². The maximum absolute atomic E-state index is 13.9. The zero-order valence-electron chi connectivity index (χ0n) is 18.5. The first-order valence-electron chi connectivity index (χ1n) is 10.7. The van der Waals surface area contributed by atoms with E-state index >= 15 is 0 Å². The third-order valence-electron chi connectivity index (χ3n) is 5.84. The first kappa shape index (κ1) is 20.8. The molecular formula is C26H23FN4O2. The van der Waals surface area contributed by atoms with Gasteiger partial charge in [-0.15, -0.1) is 5.10 Å². The molecule has 0 aliphatic rings. The summed E-state index contributed by atoms with van der Waals surface area (Å²) in [6.07, 6.45) is 0. The van der Waals surface area contributed by atoms with Crippen LogP contribution in [-0.2, 0) is 0 Å². The minimum Gasteiger partial charge on any atom is -0.455 e. The molecule has 166 valence electrons. The highest BCUT2D eigenvalue weighted by Crippen LogP contribution is 2.34. The molecule has 0 spiro atoms. The van der Waals surface area contributed by atoms with Crippen LogP contribution in [0.25, 0.3) is 33.7 Å². The summed E-state index contributed by atoms with van der Waals surface area (Å²) in [4.78, 5) is 13.3. The molecule has 2 aromatic heterocycles. The molecule has 33 heavy (non-hydrogen) atoms. The van der Waals surface area contributed by atoms with Gasteiger partial charge in [0.25, 0.3) is 0 Å². The normalized spacial score (nSPS) is 12.2. The summed E-state index contributed by atoms with van der Waals surface area (Å²) >= 11 is 0. The molecule has 0 aliphatic heterocycles. The zero-order valence-corrected chi connectivity index (χ0v) is 18.5. The topological polar surface area (TPSA) is 86.7 Å². The molecule has 0 radical (unpaired) electrons. The molecule has 0 aliphatic carbocycles. The predicted molar refractivity (Wildman–Crippen MR) is 128 cm³/mol. The van der Waals surface area contributed by atoms with Crippen LogP contribution in [0.4, 0.5) is 10.1 Å². The van der Waals surface area contributed by atoms with Crippen LogP contribution in [0, 0.1) is 19.7 Å². The Hall–Kier alpha value is -4.13. The van der Waals surface area contributed by atoms with Crippen molar-refractivity contribution >= 4 is 16.7 Å². The molecule has 0 fully saturated rings. The third-order valence-corrected chi connectivity index (χ3v) is 5.84. The van der Waals surface area contributed by atoms with Gasteiger partial charge in [0.1, 0.15) is 17.2 Å². The molecular weight excluding hydrogens is 419 g/mol. The second-order valence-corrected chi connectivity index (χ2v) is 8.24. The number of benzene rings is 3. The van der Waals surface area contributed by atoms with E-state index < -0.39 is 0 Å². The van der Waals surface area contributed by atoms with Gasteiger partial charge in [-0.1, -0.05) is 30.3 Å². The number of aryl methyl sites for hydroxylation is 1. The van der Waals surface area contributed by atoms with Crippen LogP contribution in [-0.4, -0.2) is 15.4 Å². The van der Waals surface area contributed by atoms with E-state index in [2.05, 4.69) is 20.7 Å². The van der Waals surface area contributed by atoms with Crippen LogP contribution < -0.4 is 10.7 Å². The smallest absolute Gasteiger partial charge is 0.196 e. The van der Waals surface area contributed by atoms with Crippen molar-refractivity contribution in [3.8, 4) is 22.7 Å². The number of anilines is 1. The lowest BCUT2D eigenvalue weighted by atomic mass is 9.98. The number of halogens is 1. The van der Waals surface area contributed by atoms with E-state index in [4.69, 9.17) is 4.42 Å². The van der Waals surface area contributed by atoms with Gasteiger partial charge in [-0.3, -0.25) is 9.89 Å². The molecule has 2 heterocycles. The minimum atomic E-state index is -0.382. The Kier molecular flexibility index (Phi) is 5.09. The molecule has 0 saturated carbocycles. The lowest BCUT2D eigenvalue weighted by molar-refractivity contribution is 0.601. The summed E-state index contributed by atoms with van der Waals surface area (Å²) in [6, 6.07) is 17.6. The minimum absolute atomic E-state index is 0.118. The van der Waals surface area contributed by atoms with E-state index in [1.165, 1.54) is 12.1 Å². The van der Waals surface area contributed by atoms with Gasteiger partial charge in [-0.05, 0) is 56.7 Å². The summed E-state index contributed by atoms with van der Waals surface area (Å²) in [5.41, 5.74) is 4.99. The fraction of sp³-hybridized carbons (Fsp3) is 0.154. The predicted octanol–water partition coefficient (Wildman–Crippen LogP) is 6.11. The maximum atomic E-state index is 13.9. The van der Waals surface area contributed by atoms with E-state index in [0.717, 1.165) is 28.2 Å². The van der Waals surface area contributed by atoms with Gasteiger partial charge in [0.15, 0.2) is 11.3 Å². The van der Waals surface area contributed by atoms with Crippen LogP contribution in [0.1, 0.15) is 29.7 Å². The molecule has 6 nitrogen and oxygen atoms in total. The van der Waals surface area contributed by atoms with Crippen LogP contribution in [0.2, 0.25) is 0 Å². The second kappa shape index (κ2) is 8.09. The molecule has 0 unspecified atom stereocenters. The summed E-state index contributed by atoms with van der Waals surface area (Å²) in [7, 11) is 0. The number of nitrogens with one attached hydrogen (secondary N) is 3.